The number of nitrogens with zero attached hydrogens (tertiary/aromatic N) is 1. The van der Waals surface area contributed by atoms with Crippen LogP contribution in [0.4, 0.5) is 0 Å². The Morgan fingerprint density at radius 2 is 2.00 bits per heavy atom. The summed E-state index contributed by atoms with van der Waals surface area (Å²) in [5, 5.41) is 2.83. The van der Waals surface area contributed by atoms with Gasteiger partial charge >= 0.3 is 0 Å². The Labute approximate surface area is 132 Å². The molecule has 0 saturated carbocycles. The van der Waals surface area contributed by atoms with Gasteiger partial charge in [0.05, 0.1) is 6.42 Å². The predicted octanol–water partition coefficient (Wildman–Crippen LogP) is 1.63. The van der Waals surface area contributed by atoms with Crippen LogP contribution in [0.5, 0.6) is 0 Å². The van der Waals surface area contributed by atoms with Crippen LogP contribution in [-0.4, -0.2) is 48.4 Å². The fourth-order valence-electron chi connectivity index (χ4n) is 2.36. The highest BCUT2D eigenvalue weighted by atomic mass is 16.5. The molecule has 0 aromatic heterocycles. The van der Waals surface area contributed by atoms with Crippen LogP contribution in [0, 0.1) is 0 Å². The van der Waals surface area contributed by atoms with Gasteiger partial charge in [-0.1, -0.05) is 20.3 Å². The molecule has 6 nitrogen and oxygen atoms in total. The lowest BCUT2D eigenvalue weighted by Crippen LogP contribution is -2.33. The van der Waals surface area contributed by atoms with Crippen LogP contribution in [0.15, 0.2) is 0 Å². The number of imide groups is 1. The molecule has 0 bridgehead atoms. The highest BCUT2D eigenvalue weighted by molar-refractivity contribution is 6.04. The zero-order valence-electron chi connectivity index (χ0n) is 13.7. The van der Waals surface area contributed by atoms with Gasteiger partial charge in [0.15, 0.2) is 0 Å². The molecule has 0 spiro atoms. The molecule has 1 N–H and O–H groups in total. The average molecular weight is 312 g/mol. The van der Waals surface area contributed by atoms with Crippen molar-refractivity contribution in [1.29, 1.82) is 0 Å². The molecular weight excluding hydrogens is 284 g/mol. The van der Waals surface area contributed by atoms with E-state index in [1.807, 2.05) is 13.8 Å². The summed E-state index contributed by atoms with van der Waals surface area (Å²) in [5.41, 5.74) is 0. The molecule has 22 heavy (non-hydrogen) atoms. The van der Waals surface area contributed by atoms with Crippen molar-refractivity contribution in [3.8, 4) is 0 Å². The summed E-state index contributed by atoms with van der Waals surface area (Å²) >= 11 is 0. The van der Waals surface area contributed by atoms with Crippen LogP contribution in [-0.2, 0) is 19.1 Å². The van der Waals surface area contributed by atoms with Crippen molar-refractivity contribution in [3.63, 3.8) is 0 Å². The SMILES string of the molecule is CCCNC(=O)CCCCCN1C(=O)CC(OCCC)C1=O. The van der Waals surface area contributed by atoms with Crippen LogP contribution in [0.2, 0.25) is 0 Å². The maximum atomic E-state index is 12.0. The largest absolute Gasteiger partial charge is 0.368 e. The number of nitrogens with one attached hydrogen (secondary N) is 1. The third kappa shape index (κ3) is 6.13. The lowest BCUT2D eigenvalue weighted by Gasteiger charge is -2.14. The van der Waals surface area contributed by atoms with Crippen molar-refractivity contribution >= 4 is 17.7 Å². The molecule has 0 aromatic rings. The fraction of sp³-hybridized carbons (Fsp3) is 0.812. The smallest absolute Gasteiger partial charge is 0.258 e. The number of amides is 3. The quantitative estimate of drug-likeness (QED) is 0.465. The predicted molar refractivity (Wildman–Crippen MR) is 83.1 cm³/mol. The Bertz CT molecular complexity index is 384. The molecule has 0 aromatic carbocycles. The first-order valence-corrected chi connectivity index (χ1v) is 8.32. The van der Waals surface area contributed by atoms with Crippen molar-refractivity contribution in [2.45, 2.75) is 64.9 Å². The summed E-state index contributed by atoms with van der Waals surface area (Å²) in [4.78, 5) is 36.6. The van der Waals surface area contributed by atoms with Crippen molar-refractivity contribution in [3.05, 3.63) is 0 Å². The number of carbonyl (C=O) groups excluding carboxylic acids is 3. The molecule has 0 radical (unpaired) electrons. The van der Waals surface area contributed by atoms with Gasteiger partial charge in [-0.3, -0.25) is 19.3 Å². The van der Waals surface area contributed by atoms with Crippen LogP contribution in [0.3, 0.4) is 0 Å². The molecule has 1 rings (SSSR count). The first kappa shape index (κ1) is 18.6. The maximum absolute atomic E-state index is 12.0. The Balaban J connectivity index is 2.18. The van der Waals surface area contributed by atoms with E-state index in [0.29, 0.717) is 19.6 Å². The van der Waals surface area contributed by atoms with E-state index in [-0.39, 0.29) is 24.1 Å². The van der Waals surface area contributed by atoms with E-state index in [1.165, 1.54) is 4.90 Å². The number of ether oxygens (including phenoxy) is 1. The summed E-state index contributed by atoms with van der Waals surface area (Å²) in [5.74, 6) is -0.283. The molecule has 126 valence electrons. The van der Waals surface area contributed by atoms with E-state index in [9.17, 15) is 14.4 Å². The Hall–Kier alpha value is -1.43. The van der Waals surface area contributed by atoms with Crippen LogP contribution < -0.4 is 5.32 Å². The van der Waals surface area contributed by atoms with E-state index in [2.05, 4.69) is 5.32 Å². The summed E-state index contributed by atoms with van der Waals surface area (Å²) < 4.78 is 5.40. The van der Waals surface area contributed by atoms with Gasteiger partial charge in [-0.2, -0.15) is 0 Å². The highest BCUT2D eigenvalue weighted by Gasteiger charge is 2.38. The zero-order valence-corrected chi connectivity index (χ0v) is 13.7. The van der Waals surface area contributed by atoms with Gasteiger partial charge in [0, 0.05) is 26.1 Å². The second-order valence-corrected chi connectivity index (χ2v) is 5.61. The first-order valence-electron chi connectivity index (χ1n) is 8.32. The van der Waals surface area contributed by atoms with Crippen LogP contribution in [0.25, 0.3) is 0 Å². The fourth-order valence-corrected chi connectivity index (χ4v) is 2.36. The first-order chi connectivity index (χ1) is 10.6. The minimum Gasteiger partial charge on any atom is -0.368 e. The minimum absolute atomic E-state index is 0.0724. The van der Waals surface area contributed by atoms with Gasteiger partial charge in [0.25, 0.3) is 5.91 Å². The monoisotopic (exact) mass is 312 g/mol. The molecule has 0 aliphatic carbocycles. The van der Waals surface area contributed by atoms with Gasteiger partial charge in [0.1, 0.15) is 6.10 Å². The topological polar surface area (TPSA) is 75.7 Å². The van der Waals surface area contributed by atoms with E-state index in [1.54, 1.807) is 0 Å². The van der Waals surface area contributed by atoms with Gasteiger partial charge in [-0.25, -0.2) is 0 Å². The van der Waals surface area contributed by atoms with Crippen molar-refractivity contribution in [2.24, 2.45) is 0 Å². The van der Waals surface area contributed by atoms with Gasteiger partial charge < -0.3 is 10.1 Å². The summed E-state index contributed by atoms with van der Waals surface area (Å²) in [6, 6.07) is 0. The van der Waals surface area contributed by atoms with Crippen molar-refractivity contribution in [2.75, 3.05) is 19.7 Å². The lowest BCUT2D eigenvalue weighted by molar-refractivity contribution is -0.142. The molecule has 1 saturated heterocycles. The summed E-state index contributed by atoms with van der Waals surface area (Å²) in [6.45, 7) is 5.64. The van der Waals surface area contributed by atoms with Crippen LogP contribution in [0.1, 0.15) is 58.8 Å². The van der Waals surface area contributed by atoms with Crippen molar-refractivity contribution in [1.82, 2.24) is 10.2 Å². The lowest BCUT2D eigenvalue weighted by atomic mass is 10.2. The number of rotatable bonds is 11. The highest BCUT2D eigenvalue weighted by Crippen LogP contribution is 2.17. The minimum atomic E-state index is -0.590. The average Bonchev–Trinajstić information content (AvgIpc) is 2.77. The van der Waals surface area contributed by atoms with Gasteiger partial charge in [-0.15, -0.1) is 0 Å². The Kier molecular flexibility index (Phi) is 8.74. The van der Waals surface area contributed by atoms with E-state index < -0.39 is 6.10 Å². The van der Waals surface area contributed by atoms with Crippen LogP contribution >= 0.6 is 0 Å². The molecule has 1 atom stereocenters. The zero-order chi connectivity index (χ0) is 16.4. The molecule has 1 fully saturated rings. The molecule has 1 aliphatic heterocycles. The number of hydrogen-bond acceptors (Lipinski definition) is 4. The number of likely N-dealkylation sites (tertiary alicyclic amines) is 1. The maximum Gasteiger partial charge on any atom is 0.258 e. The van der Waals surface area contributed by atoms with E-state index in [0.717, 1.165) is 38.6 Å². The molecular formula is C16H28N2O4. The van der Waals surface area contributed by atoms with Gasteiger partial charge in [0.2, 0.25) is 11.8 Å². The Morgan fingerprint density at radius 3 is 2.68 bits per heavy atom. The second kappa shape index (κ2) is 10.3. The van der Waals surface area contributed by atoms with E-state index in [4.69, 9.17) is 4.74 Å². The van der Waals surface area contributed by atoms with Gasteiger partial charge in [-0.05, 0) is 25.7 Å². The molecule has 6 heteroatoms. The number of hydrogen-bond donors (Lipinski definition) is 1. The standard InChI is InChI=1S/C16H28N2O4/c1-3-9-17-14(19)8-6-5-7-10-18-15(20)12-13(16(18)21)22-11-4-2/h13H,3-12H2,1-2H3,(H,17,19). The summed E-state index contributed by atoms with van der Waals surface area (Å²) in [6.07, 6.45) is 4.19. The van der Waals surface area contributed by atoms with Crippen molar-refractivity contribution < 1.29 is 19.1 Å². The molecule has 1 heterocycles. The Morgan fingerprint density at radius 1 is 1.23 bits per heavy atom. The third-order valence-electron chi connectivity index (χ3n) is 3.58. The second-order valence-electron chi connectivity index (χ2n) is 5.61. The third-order valence-corrected chi connectivity index (χ3v) is 3.58. The summed E-state index contributed by atoms with van der Waals surface area (Å²) in [7, 11) is 0. The molecule has 1 unspecified atom stereocenters. The number of carbonyl (C=O) groups is 3. The molecule has 3 amide bonds. The molecule has 1 aliphatic rings. The van der Waals surface area contributed by atoms with E-state index >= 15 is 0 Å². The normalized spacial score (nSPS) is 18.1. The number of unbranched alkanes of at least 4 members (excludes halogenated alkanes) is 2.